The smallest absolute Gasteiger partial charge is 0.374 e. The lowest BCUT2D eigenvalue weighted by atomic mass is 10.0. The van der Waals surface area contributed by atoms with Crippen LogP contribution < -0.4 is 5.11 Å². The van der Waals surface area contributed by atoms with Crippen molar-refractivity contribution < 1.29 is 19.5 Å². The molecule has 0 aromatic rings. The number of hydrogen-bond donors (Lipinski definition) is 1. The molecule has 1 unspecified atom stereocenters. The van der Waals surface area contributed by atoms with Crippen LogP contribution in [-0.2, 0) is 4.79 Å². The van der Waals surface area contributed by atoms with Crippen LogP contribution in [0.3, 0.4) is 0 Å². The number of carbonyl (C=O) groups is 2. The molecule has 64 valence electrons. The van der Waals surface area contributed by atoms with Gasteiger partial charge in [0.1, 0.15) is 12.1 Å². The maximum atomic E-state index is 10.9. The third kappa shape index (κ3) is 1.33. The van der Waals surface area contributed by atoms with Gasteiger partial charge in [-0.3, -0.25) is 4.79 Å². The van der Waals surface area contributed by atoms with Crippen molar-refractivity contribution in [2.24, 2.45) is 0 Å². The lowest BCUT2D eigenvalue weighted by Crippen LogP contribution is -2.59. The highest BCUT2D eigenvalue weighted by atomic mass is 16.4. The van der Waals surface area contributed by atoms with Crippen molar-refractivity contribution in [2.45, 2.75) is 12.5 Å². The van der Waals surface area contributed by atoms with E-state index in [1.54, 1.807) is 0 Å². The van der Waals surface area contributed by atoms with E-state index >= 15 is 0 Å². The number of carbonyl (C=O) groups excluding carboxylic acids is 2. The molecular weight excluding hydrogens is 162 g/mol. The van der Waals surface area contributed by atoms with Gasteiger partial charge in [-0.25, -0.2) is 0 Å². The van der Waals surface area contributed by atoms with Crippen LogP contribution in [0.5, 0.6) is 0 Å². The molecule has 0 radical (unpaired) electrons. The van der Waals surface area contributed by atoms with Crippen molar-refractivity contribution in [3.8, 4) is 0 Å². The summed E-state index contributed by atoms with van der Waals surface area (Å²) in [6.45, 7) is 0.324. The minimum atomic E-state index is -1.35. The van der Waals surface area contributed by atoms with Crippen molar-refractivity contribution in [2.75, 3.05) is 6.54 Å². The summed E-state index contributed by atoms with van der Waals surface area (Å²) in [6.07, 6.45) is -0.0588. The Bertz CT molecular complexity index is 269. The van der Waals surface area contributed by atoms with Crippen LogP contribution in [0.4, 0.5) is 4.79 Å². The highest BCUT2D eigenvalue weighted by molar-refractivity contribution is 6.28. The minimum Gasteiger partial charge on any atom is -0.530 e. The van der Waals surface area contributed by atoms with Crippen molar-refractivity contribution in [3.63, 3.8) is 0 Å². The molecular formula is C6H7N3O3. The molecule has 1 aliphatic rings. The van der Waals surface area contributed by atoms with Gasteiger partial charge in [-0.05, 0) is 6.42 Å². The predicted molar refractivity (Wildman–Crippen MR) is 34.6 cm³/mol. The van der Waals surface area contributed by atoms with Gasteiger partial charge < -0.3 is 14.8 Å². The first-order chi connectivity index (χ1) is 5.66. The van der Waals surface area contributed by atoms with Crippen LogP contribution in [0.2, 0.25) is 0 Å². The summed E-state index contributed by atoms with van der Waals surface area (Å²) in [5.41, 5.74) is 6.37. The Kier molecular flexibility index (Phi) is 2.21. The standard InChI is InChI=1S/C6H7N3O3/c7-8-3-5(10)4-1-2-9(4)6(11)12/h3-4,7H,1-2H2. The van der Waals surface area contributed by atoms with E-state index in [2.05, 4.69) is 4.79 Å². The zero-order chi connectivity index (χ0) is 9.14. The van der Waals surface area contributed by atoms with E-state index in [9.17, 15) is 14.7 Å². The Balaban J connectivity index is 2.60. The first-order valence-electron chi connectivity index (χ1n) is 3.38. The number of ketones is 1. The minimum absolute atomic E-state index is 0.324. The van der Waals surface area contributed by atoms with Crippen molar-refractivity contribution in [1.29, 1.82) is 5.53 Å². The molecule has 6 nitrogen and oxygen atoms in total. The molecule has 1 aliphatic heterocycles. The zero-order valence-electron chi connectivity index (χ0n) is 6.19. The van der Waals surface area contributed by atoms with Gasteiger partial charge >= 0.3 is 6.21 Å². The Morgan fingerprint density at radius 1 is 1.67 bits per heavy atom. The molecule has 1 rings (SSSR count). The highest BCUT2D eigenvalue weighted by Gasteiger charge is 2.35. The van der Waals surface area contributed by atoms with Crippen molar-refractivity contribution in [1.82, 2.24) is 4.90 Å². The average Bonchev–Trinajstić information content (AvgIpc) is 1.82. The fourth-order valence-electron chi connectivity index (χ4n) is 1.05. The van der Waals surface area contributed by atoms with Crippen LogP contribution in [-0.4, -0.2) is 40.4 Å². The summed E-state index contributed by atoms with van der Waals surface area (Å²) in [6, 6.07) is -0.677. The third-order valence-corrected chi connectivity index (χ3v) is 1.77. The van der Waals surface area contributed by atoms with Gasteiger partial charge in [0, 0.05) is 6.54 Å². The van der Waals surface area contributed by atoms with Gasteiger partial charge in [-0.2, -0.15) is 0 Å². The van der Waals surface area contributed by atoms with Crippen LogP contribution >= 0.6 is 0 Å². The summed E-state index contributed by atoms with van der Waals surface area (Å²) in [5, 5.41) is 10.3. The first kappa shape index (κ1) is 8.42. The number of likely N-dealkylation sites (tertiary alicyclic amines) is 1. The monoisotopic (exact) mass is 169 g/mol. The molecule has 0 saturated carbocycles. The van der Waals surface area contributed by atoms with E-state index in [1.807, 2.05) is 0 Å². The highest BCUT2D eigenvalue weighted by Crippen LogP contribution is 2.16. The summed E-state index contributed by atoms with van der Waals surface area (Å²) in [4.78, 5) is 24.9. The maximum absolute atomic E-state index is 10.9. The van der Waals surface area contributed by atoms with E-state index in [1.165, 1.54) is 0 Å². The zero-order valence-corrected chi connectivity index (χ0v) is 6.19. The Morgan fingerprint density at radius 2 is 2.33 bits per heavy atom. The molecule has 12 heavy (non-hydrogen) atoms. The van der Waals surface area contributed by atoms with Crippen LogP contribution in [0, 0.1) is 5.53 Å². The first-order valence-corrected chi connectivity index (χ1v) is 3.38. The topological polar surface area (TPSA) is 98.4 Å². The molecule has 1 heterocycles. The predicted octanol–water partition coefficient (Wildman–Crippen LogP) is -1.72. The second kappa shape index (κ2) is 3.15. The fraction of sp³-hybridized carbons (Fsp3) is 0.500. The van der Waals surface area contributed by atoms with Crippen molar-refractivity contribution >= 4 is 18.1 Å². The lowest BCUT2D eigenvalue weighted by Gasteiger charge is -2.40. The second-order valence-electron chi connectivity index (χ2n) is 2.42. The van der Waals surface area contributed by atoms with Gasteiger partial charge in [0.25, 0.3) is 5.78 Å². The van der Waals surface area contributed by atoms with E-state index in [0.29, 0.717) is 13.0 Å². The van der Waals surface area contributed by atoms with E-state index in [4.69, 9.17) is 5.53 Å². The molecule has 1 saturated heterocycles. The number of rotatable bonds is 2. The number of nitrogens with one attached hydrogen (secondary N) is 1. The van der Waals surface area contributed by atoms with Gasteiger partial charge in [0.15, 0.2) is 0 Å². The molecule has 0 aromatic heterocycles. The van der Waals surface area contributed by atoms with Gasteiger partial charge in [-0.15, -0.1) is 0 Å². The molecule has 6 heteroatoms. The van der Waals surface area contributed by atoms with Crippen LogP contribution in [0.25, 0.3) is 0 Å². The summed E-state index contributed by atoms with van der Waals surface area (Å²) >= 11 is 0. The quantitative estimate of drug-likeness (QED) is 0.302. The van der Waals surface area contributed by atoms with Gasteiger partial charge in [0.05, 0.1) is 10.3 Å². The second-order valence-corrected chi connectivity index (χ2v) is 2.42. The Labute approximate surface area is 68.0 Å². The Morgan fingerprint density at radius 3 is 2.67 bits per heavy atom. The van der Waals surface area contributed by atoms with Gasteiger partial charge in [0.2, 0.25) is 0 Å². The Hall–Kier alpha value is -1.68. The molecule has 0 aliphatic carbocycles. The van der Waals surface area contributed by atoms with E-state index in [0.717, 1.165) is 11.1 Å². The number of Topliss-reactive ketones (excluding diaryl/α,β-unsaturated/α-hetero) is 1. The van der Waals surface area contributed by atoms with E-state index < -0.39 is 17.9 Å². The average molecular weight is 169 g/mol. The summed E-state index contributed by atoms with van der Waals surface area (Å²) < 4.78 is 0. The molecule has 1 amide bonds. The molecule has 0 aromatic carbocycles. The fourth-order valence-corrected chi connectivity index (χ4v) is 1.05. The maximum Gasteiger partial charge on any atom is 0.374 e. The number of carboxylic acid groups (broad SMARTS) is 1. The number of amides is 1. The molecule has 0 spiro atoms. The molecule has 1 atom stereocenters. The number of nitrogens with zero attached hydrogens (tertiary/aromatic N) is 2. The van der Waals surface area contributed by atoms with Crippen LogP contribution in [0.1, 0.15) is 6.42 Å². The molecule has 1 fully saturated rings. The van der Waals surface area contributed by atoms with Crippen LogP contribution in [0.15, 0.2) is 0 Å². The normalized spacial score (nSPS) is 20.7. The number of hydrogen-bond acceptors (Lipinski definition) is 4. The lowest BCUT2D eigenvalue weighted by molar-refractivity contribution is -0.272. The largest absolute Gasteiger partial charge is 0.530 e. The molecule has 1 N–H and O–H groups in total. The van der Waals surface area contributed by atoms with Gasteiger partial charge in [-0.1, -0.05) is 0 Å². The third-order valence-electron chi connectivity index (χ3n) is 1.77. The SMILES string of the molecule is N=[N+]=CC(=O)C1CCN1C(=O)[O-]. The molecule has 0 bridgehead atoms. The summed E-state index contributed by atoms with van der Waals surface area (Å²) in [7, 11) is 0. The van der Waals surface area contributed by atoms with Crippen molar-refractivity contribution in [3.05, 3.63) is 0 Å². The summed E-state index contributed by atoms with van der Waals surface area (Å²) in [5.74, 6) is -0.458. The van der Waals surface area contributed by atoms with E-state index in [-0.39, 0.29) is 0 Å².